The number of nitrogens with one attached hydrogen (secondary N) is 2. The molecular formula is C18H26N4O3S. The van der Waals surface area contributed by atoms with Gasteiger partial charge in [-0.2, -0.15) is 0 Å². The lowest BCUT2D eigenvalue weighted by molar-refractivity contribution is 0.0934. The number of nitrogens with zero attached hydrogens (tertiary/aromatic N) is 2. The largest absolute Gasteiger partial charge is 0.441 e. The summed E-state index contributed by atoms with van der Waals surface area (Å²) in [6.45, 7) is 7.42. The molecule has 2 amide bonds. The maximum atomic E-state index is 12.3. The molecule has 26 heavy (non-hydrogen) atoms. The van der Waals surface area contributed by atoms with Gasteiger partial charge in [0, 0.05) is 35.7 Å². The molecule has 8 heteroatoms. The number of amides is 2. The summed E-state index contributed by atoms with van der Waals surface area (Å²) >= 11 is 1.52. The van der Waals surface area contributed by atoms with Crippen LogP contribution in [0.3, 0.4) is 0 Å². The normalized spacial score (nSPS) is 21.8. The predicted octanol–water partition coefficient (Wildman–Crippen LogP) is 2.61. The number of piperidine rings is 1. The van der Waals surface area contributed by atoms with E-state index in [9.17, 15) is 9.90 Å². The molecule has 1 unspecified atom stereocenters. The van der Waals surface area contributed by atoms with E-state index in [0.29, 0.717) is 31.8 Å². The number of aliphatic hydroxyl groups is 1. The Morgan fingerprint density at radius 2 is 2.15 bits per heavy atom. The standard InChI is InChI=1S/C18H26N4O3S/c1-18(2,3)14-11-19-15(25-14)5-4-13-10-20-16(26-13)21-17(24)22-8-6-12(23)7-9-22/h4-5,10-12,16,20,23H,6-9H2,1-3H3,(H,21,24)/b5-4+. The second-order valence-corrected chi connectivity index (χ2v) is 8.70. The van der Waals surface area contributed by atoms with Gasteiger partial charge in [0.1, 0.15) is 5.76 Å². The van der Waals surface area contributed by atoms with E-state index >= 15 is 0 Å². The van der Waals surface area contributed by atoms with E-state index in [4.69, 9.17) is 4.42 Å². The second-order valence-electron chi connectivity index (χ2n) is 7.53. The van der Waals surface area contributed by atoms with Crippen LogP contribution in [0.2, 0.25) is 0 Å². The first-order chi connectivity index (χ1) is 12.3. The maximum absolute atomic E-state index is 12.3. The van der Waals surface area contributed by atoms with E-state index in [1.54, 1.807) is 11.1 Å². The number of oxazole rings is 1. The molecule has 3 heterocycles. The minimum absolute atomic E-state index is 0.0676. The van der Waals surface area contributed by atoms with Crippen molar-refractivity contribution in [1.29, 1.82) is 0 Å². The van der Waals surface area contributed by atoms with Gasteiger partial charge in [-0.3, -0.25) is 0 Å². The lowest BCUT2D eigenvalue weighted by atomic mass is 9.94. The summed E-state index contributed by atoms with van der Waals surface area (Å²) in [5.74, 6) is 1.41. The van der Waals surface area contributed by atoms with Gasteiger partial charge in [0.15, 0.2) is 5.50 Å². The Balaban J connectivity index is 1.47. The Labute approximate surface area is 157 Å². The highest BCUT2D eigenvalue weighted by Crippen LogP contribution is 2.27. The van der Waals surface area contributed by atoms with E-state index in [-0.39, 0.29) is 23.0 Å². The van der Waals surface area contributed by atoms with E-state index in [0.717, 1.165) is 10.7 Å². The smallest absolute Gasteiger partial charge is 0.319 e. The lowest BCUT2D eigenvalue weighted by Crippen LogP contribution is -2.49. The van der Waals surface area contributed by atoms with Crippen LogP contribution in [0.1, 0.15) is 45.3 Å². The average Bonchev–Trinajstić information content (AvgIpc) is 3.22. The first-order valence-corrected chi connectivity index (χ1v) is 9.70. The zero-order chi connectivity index (χ0) is 18.7. The molecule has 1 fully saturated rings. The zero-order valence-corrected chi connectivity index (χ0v) is 16.2. The van der Waals surface area contributed by atoms with E-state index in [2.05, 4.69) is 36.4 Å². The summed E-state index contributed by atoms with van der Waals surface area (Å²) < 4.78 is 5.74. The molecule has 1 aromatic rings. The zero-order valence-electron chi connectivity index (χ0n) is 15.4. The Morgan fingerprint density at radius 1 is 1.42 bits per heavy atom. The fourth-order valence-corrected chi connectivity index (χ4v) is 3.51. The van der Waals surface area contributed by atoms with Crippen molar-refractivity contribution in [2.75, 3.05) is 13.1 Å². The monoisotopic (exact) mass is 378 g/mol. The van der Waals surface area contributed by atoms with Gasteiger partial charge in [-0.05, 0) is 18.9 Å². The molecule has 0 bridgehead atoms. The number of urea groups is 1. The van der Waals surface area contributed by atoms with Gasteiger partial charge in [0.2, 0.25) is 5.89 Å². The molecule has 0 aliphatic carbocycles. The van der Waals surface area contributed by atoms with Crippen LogP contribution < -0.4 is 10.6 Å². The van der Waals surface area contributed by atoms with Gasteiger partial charge < -0.3 is 25.1 Å². The van der Waals surface area contributed by atoms with Crippen molar-refractivity contribution < 1.29 is 14.3 Å². The van der Waals surface area contributed by atoms with Crippen LogP contribution in [0.25, 0.3) is 6.08 Å². The summed E-state index contributed by atoms with van der Waals surface area (Å²) in [5.41, 5.74) is -0.272. The third-order valence-corrected chi connectivity index (χ3v) is 5.31. The van der Waals surface area contributed by atoms with Crippen molar-refractivity contribution in [3.8, 4) is 0 Å². The van der Waals surface area contributed by atoms with Gasteiger partial charge in [0.05, 0.1) is 12.3 Å². The Bertz CT molecular complexity index is 700. The minimum Gasteiger partial charge on any atom is -0.441 e. The highest BCUT2D eigenvalue weighted by molar-refractivity contribution is 8.04. The highest BCUT2D eigenvalue weighted by atomic mass is 32.2. The lowest BCUT2D eigenvalue weighted by Gasteiger charge is -2.30. The summed E-state index contributed by atoms with van der Waals surface area (Å²) in [6, 6.07) is -0.108. The van der Waals surface area contributed by atoms with Crippen molar-refractivity contribution in [3.05, 3.63) is 35.0 Å². The first-order valence-electron chi connectivity index (χ1n) is 8.82. The number of carbonyl (C=O) groups excluding carboxylic acids is 1. The molecule has 1 aromatic heterocycles. The topological polar surface area (TPSA) is 90.6 Å². The third-order valence-electron chi connectivity index (χ3n) is 4.29. The molecule has 0 radical (unpaired) electrons. The summed E-state index contributed by atoms with van der Waals surface area (Å²) in [4.78, 5) is 19.3. The molecule has 1 atom stereocenters. The predicted molar refractivity (Wildman–Crippen MR) is 102 cm³/mol. The van der Waals surface area contributed by atoms with Gasteiger partial charge >= 0.3 is 6.03 Å². The fraction of sp³-hybridized carbons (Fsp3) is 0.556. The number of thioether (sulfide) groups is 1. The van der Waals surface area contributed by atoms with Gasteiger partial charge in [0.25, 0.3) is 0 Å². The van der Waals surface area contributed by atoms with E-state index in [1.807, 2.05) is 18.4 Å². The minimum atomic E-state index is -0.287. The number of carbonyl (C=O) groups is 1. The number of hydrogen-bond donors (Lipinski definition) is 3. The number of hydrogen-bond acceptors (Lipinski definition) is 6. The van der Waals surface area contributed by atoms with Crippen LogP contribution in [-0.4, -0.2) is 45.7 Å². The van der Waals surface area contributed by atoms with Crippen molar-refractivity contribution >= 4 is 23.9 Å². The number of aliphatic hydroxyl groups excluding tert-OH is 1. The number of aromatic nitrogens is 1. The molecule has 0 spiro atoms. The number of rotatable bonds is 3. The number of allylic oxidation sites excluding steroid dienone is 1. The van der Waals surface area contributed by atoms with Crippen LogP contribution in [0, 0.1) is 0 Å². The van der Waals surface area contributed by atoms with E-state index in [1.165, 1.54) is 11.8 Å². The molecule has 3 N–H and O–H groups in total. The van der Waals surface area contributed by atoms with Crippen LogP contribution in [0.15, 0.2) is 27.8 Å². The molecule has 3 rings (SSSR count). The molecule has 1 saturated heterocycles. The average molecular weight is 378 g/mol. The molecule has 142 valence electrons. The molecule has 7 nitrogen and oxygen atoms in total. The Morgan fingerprint density at radius 3 is 2.81 bits per heavy atom. The first kappa shape index (κ1) is 18.8. The maximum Gasteiger partial charge on any atom is 0.319 e. The SMILES string of the molecule is CC(C)(C)c1cnc(/C=C/C2=CNC(NC(=O)N3CCC(O)CC3)S2)o1. The van der Waals surface area contributed by atoms with Crippen LogP contribution in [0.5, 0.6) is 0 Å². The summed E-state index contributed by atoms with van der Waals surface area (Å²) in [5, 5.41) is 15.6. The van der Waals surface area contributed by atoms with Crippen molar-refractivity contribution in [1.82, 2.24) is 20.5 Å². The second kappa shape index (κ2) is 7.75. The fourth-order valence-electron chi connectivity index (χ4n) is 2.66. The summed E-state index contributed by atoms with van der Waals surface area (Å²) in [7, 11) is 0. The van der Waals surface area contributed by atoms with Gasteiger partial charge in [-0.15, -0.1) is 0 Å². The molecule has 0 aromatic carbocycles. The quantitative estimate of drug-likeness (QED) is 0.749. The van der Waals surface area contributed by atoms with Gasteiger partial charge in [-0.25, -0.2) is 9.78 Å². The van der Waals surface area contributed by atoms with Crippen molar-refractivity contribution in [2.45, 2.75) is 50.6 Å². The van der Waals surface area contributed by atoms with Crippen molar-refractivity contribution in [3.63, 3.8) is 0 Å². The highest BCUT2D eigenvalue weighted by Gasteiger charge is 2.25. The third kappa shape index (κ3) is 4.82. The Hall–Kier alpha value is -1.93. The van der Waals surface area contributed by atoms with E-state index < -0.39 is 0 Å². The van der Waals surface area contributed by atoms with Gasteiger partial charge in [-0.1, -0.05) is 32.5 Å². The van der Waals surface area contributed by atoms with Crippen LogP contribution >= 0.6 is 11.8 Å². The summed E-state index contributed by atoms with van der Waals surface area (Å²) in [6.07, 6.45) is 8.35. The molecular weight excluding hydrogens is 352 g/mol. The molecule has 2 aliphatic heterocycles. The molecule has 0 saturated carbocycles. The van der Waals surface area contributed by atoms with Crippen molar-refractivity contribution in [2.24, 2.45) is 0 Å². The molecule has 2 aliphatic rings. The Kier molecular flexibility index (Phi) is 5.62. The van der Waals surface area contributed by atoms with Crippen LogP contribution in [-0.2, 0) is 5.41 Å². The number of likely N-dealkylation sites (tertiary alicyclic amines) is 1. The van der Waals surface area contributed by atoms with Crippen LogP contribution in [0.4, 0.5) is 4.79 Å².